The van der Waals surface area contributed by atoms with E-state index in [1.54, 1.807) is 0 Å². The van der Waals surface area contributed by atoms with Gasteiger partial charge in [0.2, 0.25) is 9.36 Å². The fraction of sp³-hybridized carbons (Fsp3) is 0. The largest absolute Gasteiger partial charge is 0.362 e. The molecule has 100 valence electrons. The van der Waals surface area contributed by atoms with Gasteiger partial charge in [0.15, 0.2) is 3.57 Å². The Morgan fingerprint density at radius 2 is 1.52 bits per heavy atom. The van der Waals surface area contributed by atoms with E-state index in [0.29, 0.717) is 0 Å². The molecule has 0 saturated carbocycles. The standard InChI is InChI=1S/C19H12IO/c21-19-17-12-13-6-4-5-9-15(13)16(17)10-11-18(19)20-14-7-2-1-3-8-14/h1-12H/q+1. The van der Waals surface area contributed by atoms with Crippen molar-refractivity contribution in [2.45, 2.75) is 0 Å². The van der Waals surface area contributed by atoms with Crippen molar-refractivity contribution in [2.24, 2.45) is 0 Å². The molecule has 2 heteroatoms. The maximum absolute atomic E-state index is 12.7. The molecule has 0 radical (unpaired) electrons. The van der Waals surface area contributed by atoms with Crippen molar-refractivity contribution < 1.29 is 26.0 Å². The molecule has 2 aliphatic carbocycles. The Hall–Kier alpha value is -1.94. The van der Waals surface area contributed by atoms with Crippen molar-refractivity contribution in [3.05, 3.63) is 90.6 Å². The van der Waals surface area contributed by atoms with Crippen LogP contribution in [0.5, 0.6) is 0 Å². The number of Topliss-reactive ketones (excluding diaryl/α,β-unsaturated/α-hetero) is 1. The first kappa shape index (κ1) is 12.8. The Balaban J connectivity index is 1.71. The zero-order valence-corrected chi connectivity index (χ0v) is 13.4. The van der Waals surface area contributed by atoms with Gasteiger partial charge in [0, 0.05) is 5.57 Å². The summed E-state index contributed by atoms with van der Waals surface area (Å²) in [6, 6.07) is 18.5. The average Bonchev–Trinajstić information content (AvgIpc) is 2.91. The molecule has 2 aromatic rings. The number of ketones is 1. The SMILES string of the molecule is O=C1C([I+]c2ccccc2)=CC=C2C1=Cc1ccccc12. The molecule has 2 aliphatic rings. The first-order chi connectivity index (χ1) is 10.3. The van der Waals surface area contributed by atoms with Gasteiger partial charge in [-0.2, -0.15) is 0 Å². The Kier molecular flexibility index (Phi) is 3.11. The number of carbonyl (C=O) groups excluding carboxylic acids is 1. The summed E-state index contributed by atoms with van der Waals surface area (Å²) in [6.07, 6.45) is 6.17. The molecule has 0 unspecified atom stereocenters. The van der Waals surface area contributed by atoms with Crippen LogP contribution in [0.4, 0.5) is 0 Å². The van der Waals surface area contributed by atoms with Gasteiger partial charge >= 0.3 is 21.2 Å². The summed E-state index contributed by atoms with van der Waals surface area (Å²) >= 11 is -0.410. The van der Waals surface area contributed by atoms with Gasteiger partial charge in [-0.3, -0.25) is 4.79 Å². The van der Waals surface area contributed by atoms with Gasteiger partial charge in [0.05, 0.1) is 0 Å². The molecule has 0 atom stereocenters. The quantitative estimate of drug-likeness (QED) is 0.705. The molecule has 0 amide bonds. The van der Waals surface area contributed by atoms with Crippen LogP contribution >= 0.6 is 0 Å². The number of allylic oxidation sites excluding steroid dienone is 5. The number of halogens is 1. The monoisotopic (exact) mass is 383 g/mol. The minimum atomic E-state index is -0.410. The molecule has 0 bridgehead atoms. The lowest BCUT2D eigenvalue weighted by atomic mass is 9.96. The average molecular weight is 383 g/mol. The van der Waals surface area contributed by atoms with Gasteiger partial charge in [-0.15, -0.1) is 0 Å². The molecule has 21 heavy (non-hydrogen) atoms. The van der Waals surface area contributed by atoms with Crippen LogP contribution in [0.3, 0.4) is 0 Å². The second kappa shape index (κ2) is 5.11. The molecule has 0 fully saturated rings. The van der Waals surface area contributed by atoms with Crippen LogP contribution < -0.4 is 21.2 Å². The Morgan fingerprint density at radius 1 is 0.762 bits per heavy atom. The lowest BCUT2D eigenvalue weighted by molar-refractivity contribution is -0.570. The van der Waals surface area contributed by atoms with Crippen LogP contribution in [-0.2, 0) is 4.79 Å². The third-order valence-corrected chi connectivity index (χ3v) is 6.42. The molecule has 4 rings (SSSR count). The van der Waals surface area contributed by atoms with Crippen LogP contribution in [0.1, 0.15) is 11.1 Å². The van der Waals surface area contributed by atoms with Crippen molar-refractivity contribution in [1.82, 2.24) is 0 Å². The van der Waals surface area contributed by atoms with Gasteiger partial charge in [-0.1, -0.05) is 42.5 Å². The number of carbonyl (C=O) groups is 1. The predicted octanol–water partition coefficient (Wildman–Crippen LogP) is 0.892. The van der Waals surface area contributed by atoms with E-state index in [0.717, 1.165) is 20.3 Å². The third-order valence-electron chi connectivity index (χ3n) is 3.64. The summed E-state index contributed by atoms with van der Waals surface area (Å²) in [6.45, 7) is 0. The zero-order chi connectivity index (χ0) is 14.2. The molecule has 0 heterocycles. The van der Waals surface area contributed by atoms with Crippen LogP contribution in [0, 0.1) is 3.57 Å². The first-order valence-electron chi connectivity index (χ1n) is 6.81. The molecule has 0 aromatic heterocycles. The number of hydrogen-bond acceptors (Lipinski definition) is 1. The Morgan fingerprint density at radius 3 is 2.38 bits per heavy atom. The van der Waals surface area contributed by atoms with Crippen LogP contribution in [0.2, 0.25) is 0 Å². The van der Waals surface area contributed by atoms with Gasteiger partial charge in [0.1, 0.15) is 0 Å². The highest BCUT2D eigenvalue weighted by Gasteiger charge is 2.35. The predicted molar refractivity (Wildman–Crippen MR) is 80.6 cm³/mol. The van der Waals surface area contributed by atoms with Crippen LogP contribution in [-0.4, -0.2) is 5.78 Å². The van der Waals surface area contributed by atoms with Crippen LogP contribution in [0.25, 0.3) is 11.6 Å². The molecule has 0 spiro atoms. The molecule has 0 N–H and O–H groups in total. The molecular formula is C19H12IO+. The maximum Gasteiger partial charge on any atom is 0.362 e. The fourth-order valence-electron chi connectivity index (χ4n) is 2.64. The lowest BCUT2D eigenvalue weighted by Crippen LogP contribution is -3.61. The van der Waals surface area contributed by atoms with E-state index >= 15 is 0 Å². The summed E-state index contributed by atoms with van der Waals surface area (Å²) in [7, 11) is 0. The normalized spacial score (nSPS) is 15.8. The minimum Gasteiger partial charge on any atom is -0.284 e. The van der Waals surface area contributed by atoms with E-state index in [-0.39, 0.29) is 5.78 Å². The van der Waals surface area contributed by atoms with E-state index in [4.69, 9.17) is 0 Å². The van der Waals surface area contributed by atoms with E-state index < -0.39 is 21.2 Å². The summed E-state index contributed by atoms with van der Waals surface area (Å²) in [5, 5.41) is 0. The second-order valence-corrected chi connectivity index (χ2v) is 7.91. The smallest absolute Gasteiger partial charge is 0.284 e. The first-order valence-corrected chi connectivity index (χ1v) is 8.97. The van der Waals surface area contributed by atoms with E-state index in [1.807, 2.05) is 42.5 Å². The van der Waals surface area contributed by atoms with Crippen molar-refractivity contribution in [3.63, 3.8) is 0 Å². The highest BCUT2D eigenvalue weighted by atomic mass is 127. The summed E-state index contributed by atoms with van der Waals surface area (Å²) in [5.74, 6) is 0.209. The Labute approximate surface area is 134 Å². The molecule has 0 saturated heterocycles. The summed E-state index contributed by atoms with van der Waals surface area (Å²) < 4.78 is 2.26. The van der Waals surface area contributed by atoms with E-state index in [9.17, 15) is 4.79 Å². The number of fused-ring (bicyclic) bond motifs is 3. The molecule has 2 aromatic carbocycles. The molecule has 1 nitrogen and oxygen atoms in total. The zero-order valence-electron chi connectivity index (χ0n) is 11.2. The minimum absolute atomic E-state index is 0.209. The van der Waals surface area contributed by atoms with Crippen molar-refractivity contribution in [2.75, 3.05) is 0 Å². The highest BCUT2D eigenvalue weighted by Crippen LogP contribution is 2.37. The van der Waals surface area contributed by atoms with Crippen molar-refractivity contribution in [1.29, 1.82) is 0 Å². The van der Waals surface area contributed by atoms with E-state index in [2.05, 4.69) is 30.3 Å². The summed E-state index contributed by atoms with van der Waals surface area (Å²) in [5.41, 5.74) is 4.27. The van der Waals surface area contributed by atoms with Gasteiger partial charge < -0.3 is 0 Å². The highest BCUT2D eigenvalue weighted by molar-refractivity contribution is 6.24. The number of rotatable bonds is 2. The molecule has 0 aliphatic heterocycles. The van der Waals surface area contributed by atoms with Crippen LogP contribution in [0.15, 0.2) is 75.9 Å². The van der Waals surface area contributed by atoms with Gasteiger partial charge in [0.25, 0.3) is 0 Å². The number of hydrogen-bond donors (Lipinski definition) is 0. The third kappa shape index (κ3) is 2.20. The second-order valence-electron chi connectivity index (χ2n) is 4.96. The van der Waals surface area contributed by atoms with Gasteiger partial charge in [-0.05, 0) is 47.1 Å². The molecular weight excluding hydrogens is 371 g/mol. The van der Waals surface area contributed by atoms with Gasteiger partial charge in [-0.25, -0.2) is 0 Å². The van der Waals surface area contributed by atoms with Crippen molar-refractivity contribution >= 4 is 17.4 Å². The van der Waals surface area contributed by atoms with E-state index in [1.165, 1.54) is 9.13 Å². The Bertz CT molecular complexity index is 826. The fourth-order valence-corrected chi connectivity index (χ4v) is 4.99. The van der Waals surface area contributed by atoms with Crippen molar-refractivity contribution in [3.8, 4) is 0 Å². The maximum atomic E-state index is 12.7. The number of benzene rings is 2. The topological polar surface area (TPSA) is 17.1 Å². The summed E-state index contributed by atoms with van der Waals surface area (Å²) in [4.78, 5) is 12.7. The lowest BCUT2D eigenvalue weighted by Gasteiger charge is -2.07.